The van der Waals surface area contributed by atoms with Gasteiger partial charge >= 0.3 is 0 Å². The van der Waals surface area contributed by atoms with Crippen LogP contribution in [0.4, 0.5) is 0 Å². The zero-order valence-corrected chi connectivity index (χ0v) is 11.8. The van der Waals surface area contributed by atoms with E-state index in [-0.39, 0.29) is 6.10 Å². The van der Waals surface area contributed by atoms with Crippen molar-refractivity contribution >= 4 is 45.8 Å². The lowest BCUT2D eigenvalue weighted by molar-refractivity contribution is -0.000107. The molecule has 0 N–H and O–H groups in total. The molecule has 2 unspecified atom stereocenters. The van der Waals surface area contributed by atoms with Crippen LogP contribution >= 0.6 is 45.8 Å². The molecule has 13 heavy (non-hydrogen) atoms. The predicted octanol–water partition coefficient (Wildman–Crippen LogP) is 3.84. The first-order valence-electron chi connectivity index (χ1n) is 4.60. The molecule has 0 heterocycles. The summed E-state index contributed by atoms with van der Waals surface area (Å²) in [6.45, 7) is 4.25. The molecule has 0 aromatic rings. The van der Waals surface area contributed by atoms with Gasteiger partial charge in [-0.15, -0.1) is 23.2 Å². The minimum Gasteiger partial charge on any atom is -0.373 e. The summed E-state index contributed by atoms with van der Waals surface area (Å²) < 4.78 is 6.13. The minimum absolute atomic E-state index is 0.0877. The molecule has 0 aromatic heterocycles. The third-order valence-corrected chi connectivity index (χ3v) is 4.38. The van der Waals surface area contributed by atoms with Gasteiger partial charge in [0.05, 0.1) is 16.1 Å². The summed E-state index contributed by atoms with van der Waals surface area (Å²) >= 11 is 13.9. The Labute approximate surface area is 105 Å². The Morgan fingerprint density at radius 1 is 1.15 bits per heavy atom. The Balaban J connectivity index is 3.94. The first-order chi connectivity index (χ1) is 6.19. The largest absolute Gasteiger partial charge is 0.373 e. The van der Waals surface area contributed by atoms with Crippen molar-refractivity contribution in [2.24, 2.45) is 0 Å². The highest BCUT2D eigenvalue weighted by molar-refractivity contribution is 14.1. The molecular formula is C9H17Cl2IO. The Bertz CT molecular complexity index is 120. The lowest BCUT2D eigenvalue weighted by Crippen LogP contribution is -2.31. The van der Waals surface area contributed by atoms with E-state index in [1.54, 1.807) is 0 Å². The van der Waals surface area contributed by atoms with E-state index in [4.69, 9.17) is 27.9 Å². The van der Waals surface area contributed by atoms with E-state index in [9.17, 15) is 0 Å². The molecule has 80 valence electrons. The molecule has 0 aliphatic carbocycles. The van der Waals surface area contributed by atoms with E-state index in [1.807, 2.05) is 0 Å². The first kappa shape index (κ1) is 14.3. The van der Waals surface area contributed by atoms with Gasteiger partial charge in [0.15, 0.2) is 0 Å². The van der Waals surface area contributed by atoms with Crippen molar-refractivity contribution in [1.29, 1.82) is 0 Å². The van der Waals surface area contributed by atoms with Gasteiger partial charge in [-0.1, -0.05) is 36.4 Å². The molecule has 0 fully saturated rings. The zero-order chi connectivity index (χ0) is 10.3. The Morgan fingerprint density at radius 2 is 1.69 bits per heavy atom. The summed E-state index contributed by atoms with van der Waals surface area (Å²) in [7, 11) is 0. The lowest BCUT2D eigenvalue weighted by Gasteiger charge is -2.24. The SMILES string of the molecule is CCC(CC)OC(CCl)C(I)CCl. The topological polar surface area (TPSA) is 9.23 Å². The van der Waals surface area contributed by atoms with Crippen LogP contribution < -0.4 is 0 Å². The van der Waals surface area contributed by atoms with Gasteiger partial charge in [0.1, 0.15) is 0 Å². The number of rotatable bonds is 7. The van der Waals surface area contributed by atoms with E-state index in [2.05, 4.69) is 36.4 Å². The highest BCUT2D eigenvalue weighted by atomic mass is 127. The van der Waals surface area contributed by atoms with E-state index in [0.29, 0.717) is 21.8 Å². The van der Waals surface area contributed by atoms with E-state index < -0.39 is 0 Å². The smallest absolute Gasteiger partial charge is 0.0843 e. The Morgan fingerprint density at radius 3 is 2.00 bits per heavy atom. The molecule has 0 spiro atoms. The van der Waals surface area contributed by atoms with Gasteiger partial charge in [0.25, 0.3) is 0 Å². The number of hydrogen-bond acceptors (Lipinski definition) is 1. The summed E-state index contributed by atoms with van der Waals surface area (Å²) in [4.78, 5) is 0. The van der Waals surface area contributed by atoms with Crippen LogP contribution in [-0.2, 0) is 4.74 Å². The molecule has 0 bridgehead atoms. The molecule has 0 aliphatic heterocycles. The van der Waals surface area contributed by atoms with Crippen LogP contribution in [0.15, 0.2) is 0 Å². The number of alkyl halides is 3. The summed E-state index contributed by atoms with van der Waals surface area (Å²) in [6.07, 6.45) is 2.49. The van der Waals surface area contributed by atoms with Gasteiger partial charge in [-0.05, 0) is 12.8 Å². The lowest BCUT2D eigenvalue weighted by atomic mass is 10.2. The summed E-state index contributed by atoms with van der Waals surface area (Å²) in [5, 5.41) is 0. The third-order valence-electron chi connectivity index (χ3n) is 1.98. The standard InChI is InChI=1S/C9H17Cl2IO/c1-3-7(4-2)13-9(6-11)8(12)5-10/h7-9H,3-6H2,1-2H3. The number of halogens is 3. The zero-order valence-electron chi connectivity index (χ0n) is 8.10. The Kier molecular flexibility index (Phi) is 9.41. The molecule has 0 amide bonds. The van der Waals surface area contributed by atoms with Crippen molar-refractivity contribution in [2.75, 3.05) is 11.8 Å². The van der Waals surface area contributed by atoms with Gasteiger partial charge in [-0.25, -0.2) is 0 Å². The maximum atomic E-state index is 5.83. The maximum Gasteiger partial charge on any atom is 0.0843 e. The molecule has 2 atom stereocenters. The average molecular weight is 339 g/mol. The van der Waals surface area contributed by atoms with Crippen LogP contribution in [0.1, 0.15) is 26.7 Å². The Hall–Kier alpha value is 1.27. The minimum atomic E-state index is 0.0877. The fraction of sp³-hybridized carbons (Fsp3) is 1.00. The molecule has 0 rings (SSSR count). The van der Waals surface area contributed by atoms with Gasteiger partial charge in [0.2, 0.25) is 0 Å². The molecule has 0 saturated carbocycles. The summed E-state index contributed by atoms with van der Waals surface area (Å²) in [6, 6.07) is 0. The second-order valence-electron chi connectivity index (χ2n) is 2.94. The monoisotopic (exact) mass is 338 g/mol. The van der Waals surface area contributed by atoms with Crippen molar-refractivity contribution in [2.45, 2.75) is 42.8 Å². The second kappa shape index (κ2) is 8.57. The van der Waals surface area contributed by atoms with Crippen molar-refractivity contribution in [3.8, 4) is 0 Å². The molecule has 4 heteroatoms. The maximum absolute atomic E-state index is 5.83. The van der Waals surface area contributed by atoms with E-state index >= 15 is 0 Å². The molecule has 1 nitrogen and oxygen atoms in total. The van der Waals surface area contributed by atoms with Crippen LogP contribution in [0, 0.1) is 0 Å². The normalized spacial score (nSPS) is 16.2. The van der Waals surface area contributed by atoms with Crippen molar-refractivity contribution in [3.05, 3.63) is 0 Å². The quantitative estimate of drug-likeness (QED) is 0.506. The van der Waals surface area contributed by atoms with Crippen molar-refractivity contribution in [3.63, 3.8) is 0 Å². The molecule has 0 saturated heterocycles. The van der Waals surface area contributed by atoms with Gasteiger partial charge in [-0.3, -0.25) is 0 Å². The first-order valence-corrected chi connectivity index (χ1v) is 6.92. The predicted molar refractivity (Wildman–Crippen MR) is 68.5 cm³/mol. The molecule has 0 radical (unpaired) electrons. The molecule has 0 aromatic carbocycles. The number of ether oxygens (including phenoxy) is 1. The van der Waals surface area contributed by atoms with Gasteiger partial charge in [-0.2, -0.15) is 0 Å². The molecule has 0 aliphatic rings. The summed E-state index contributed by atoms with van der Waals surface area (Å²) in [5.41, 5.74) is 0. The van der Waals surface area contributed by atoms with Gasteiger partial charge < -0.3 is 4.74 Å². The van der Waals surface area contributed by atoms with E-state index in [1.165, 1.54) is 0 Å². The van der Waals surface area contributed by atoms with E-state index in [0.717, 1.165) is 12.8 Å². The molecular weight excluding hydrogens is 322 g/mol. The van der Waals surface area contributed by atoms with Crippen LogP contribution in [0.5, 0.6) is 0 Å². The van der Waals surface area contributed by atoms with Crippen LogP contribution in [0.25, 0.3) is 0 Å². The third kappa shape index (κ3) is 5.65. The van der Waals surface area contributed by atoms with Crippen LogP contribution in [0.3, 0.4) is 0 Å². The summed E-state index contributed by atoms with van der Waals surface area (Å²) in [5.74, 6) is 1.12. The average Bonchev–Trinajstić information content (AvgIpc) is 2.19. The fourth-order valence-corrected chi connectivity index (χ4v) is 2.26. The van der Waals surface area contributed by atoms with Crippen LogP contribution in [0.2, 0.25) is 0 Å². The van der Waals surface area contributed by atoms with Crippen molar-refractivity contribution < 1.29 is 4.74 Å². The highest BCUT2D eigenvalue weighted by Gasteiger charge is 2.20. The van der Waals surface area contributed by atoms with Gasteiger partial charge in [0, 0.05) is 11.8 Å². The van der Waals surface area contributed by atoms with Crippen LogP contribution in [-0.4, -0.2) is 27.9 Å². The second-order valence-corrected chi connectivity index (χ2v) is 5.15. The number of hydrogen-bond donors (Lipinski definition) is 0. The van der Waals surface area contributed by atoms with Crippen molar-refractivity contribution in [1.82, 2.24) is 0 Å². The highest BCUT2D eigenvalue weighted by Crippen LogP contribution is 2.17. The fourth-order valence-electron chi connectivity index (χ4n) is 1.05.